The van der Waals surface area contributed by atoms with Crippen molar-refractivity contribution in [1.29, 1.82) is 0 Å². The van der Waals surface area contributed by atoms with Crippen LogP contribution >= 0.6 is 35.0 Å². The zero-order valence-corrected chi connectivity index (χ0v) is 11.1. The summed E-state index contributed by atoms with van der Waals surface area (Å²) in [5, 5.41) is 1.46. The zero-order valence-electron chi connectivity index (χ0n) is 8.78. The molecule has 0 aliphatic heterocycles. The number of nitrogens with two attached hydrogens (primary N) is 1. The van der Waals surface area contributed by atoms with Crippen LogP contribution in [-0.2, 0) is 0 Å². The summed E-state index contributed by atoms with van der Waals surface area (Å²) in [6.45, 7) is 0. The Bertz CT molecular complexity index is 633. The Kier molecular flexibility index (Phi) is 4.07. The number of aromatic nitrogens is 3. The van der Waals surface area contributed by atoms with Crippen LogP contribution < -0.4 is 16.8 Å². The highest BCUT2D eigenvalue weighted by Gasteiger charge is 2.11. The second-order valence-corrected chi connectivity index (χ2v) is 4.88. The van der Waals surface area contributed by atoms with E-state index in [9.17, 15) is 4.79 Å². The largest absolute Gasteiger partial charge is 0.307 e. The van der Waals surface area contributed by atoms with Crippen LogP contribution in [0.25, 0.3) is 0 Å². The van der Waals surface area contributed by atoms with Gasteiger partial charge in [-0.15, -0.1) is 0 Å². The second-order valence-electron chi connectivity index (χ2n) is 3.09. The van der Waals surface area contributed by atoms with Gasteiger partial charge in [-0.3, -0.25) is 4.79 Å². The first kappa shape index (κ1) is 13.2. The molecule has 9 heteroatoms. The predicted octanol–water partition coefficient (Wildman–Crippen LogP) is 1.91. The molecule has 18 heavy (non-hydrogen) atoms. The van der Waals surface area contributed by atoms with Crippen molar-refractivity contribution < 1.29 is 0 Å². The molecule has 0 bridgehead atoms. The Morgan fingerprint density at radius 1 is 1.39 bits per heavy atom. The molecule has 0 spiro atoms. The number of hydrogen-bond donors (Lipinski definition) is 3. The minimum Gasteiger partial charge on any atom is -0.307 e. The number of nitrogen functional groups attached to an aromatic ring is 1. The van der Waals surface area contributed by atoms with E-state index in [0.29, 0.717) is 26.0 Å². The first-order valence-corrected chi connectivity index (χ1v) is 6.23. The number of hydrogen-bond acceptors (Lipinski definition) is 6. The van der Waals surface area contributed by atoms with Gasteiger partial charge in [0.1, 0.15) is 5.03 Å². The van der Waals surface area contributed by atoms with Crippen molar-refractivity contribution in [2.24, 2.45) is 5.84 Å². The molecular weight excluding hydrogens is 297 g/mol. The SMILES string of the molecule is NNc1nc(Sc2nccc(=O)[nH]2)c(Cl)cc1Cl. The quantitative estimate of drug-likeness (QED) is 0.455. The molecule has 0 unspecified atom stereocenters. The summed E-state index contributed by atoms with van der Waals surface area (Å²) < 4.78 is 0. The van der Waals surface area contributed by atoms with Crippen molar-refractivity contribution in [3.63, 3.8) is 0 Å². The average Bonchev–Trinajstić information content (AvgIpc) is 2.33. The molecule has 0 radical (unpaired) electrons. The van der Waals surface area contributed by atoms with E-state index in [0.717, 1.165) is 11.8 Å². The summed E-state index contributed by atoms with van der Waals surface area (Å²) in [5.74, 6) is 5.56. The van der Waals surface area contributed by atoms with Gasteiger partial charge in [0.05, 0.1) is 10.0 Å². The molecule has 2 aromatic heterocycles. The summed E-state index contributed by atoms with van der Waals surface area (Å²) in [4.78, 5) is 21.8. The maximum absolute atomic E-state index is 11.1. The zero-order chi connectivity index (χ0) is 13.1. The molecular formula is C9H7Cl2N5OS. The number of H-pyrrole nitrogens is 1. The molecule has 2 rings (SSSR count). The van der Waals surface area contributed by atoms with Gasteiger partial charge < -0.3 is 10.4 Å². The van der Waals surface area contributed by atoms with Gasteiger partial charge in [0, 0.05) is 12.3 Å². The van der Waals surface area contributed by atoms with Crippen LogP contribution in [0.4, 0.5) is 5.82 Å². The van der Waals surface area contributed by atoms with Crippen molar-refractivity contribution in [2.45, 2.75) is 10.2 Å². The van der Waals surface area contributed by atoms with Crippen molar-refractivity contribution in [2.75, 3.05) is 5.43 Å². The first-order chi connectivity index (χ1) is 8.60. The van der Waals surface area contributed by atoms with E-state index in [1.54, 1.807) is 0 Å². The highest BCUT2D eigenvalue weighted by atomic mass is 35.5. The maximum atomic E-state index is 11.1. The van der Waals surface area contributed by atoms with E-state index in [4.69, 9.17) is 29.0 Å². The molecule has 0 saturated heterocycles. The maximum Gasteiger partial charge on any atom is 0.251 e. The normalized spacial score (nSPS) is 10.4. The number of pyridine rings is 1. The minimum absolute atomic E-state index is 0.255. The molecule has 0 fully saturated rings. The van der Waals surface area contributed by atoms with Crippen LogP contribution in [0.2, 0.25) is 10.0 Å². The molecule has 0 saturated carbocycles. The summed E-state index contributed by atoms with van der Waals surface area (Å²) >= 11 is 13.0. The van der Waals surface area contributed by atoms with Crippen LogP contribution in [-0.4, -0.2) is 15.0 Å². The Morgan fingerprint density at radius 2 is 2.17 bits per heavy atom. The van der Waals surface area contributed by atoms with Gasteiger partial charge in [-0.25, -0.2) is 15.8 Å². The molecule has 0 atom stereocenters. The molecule has 0 amide bonds. The third-order valence-corrected chi connectivity index (χ3v) is 3.47. The number of nitrogens with one attached hydrogen (secondary N) is 2. The van der Waals surface area contributed by atoms with Gasteiger partial charge in [-0.1, -0.05) is 23.2 Å². The molecule has 94 valence electrons. The van der Waals surface area contributed by atoms with Crippen molar-refractivity contribution >= 4 is 40.8 Å². The van der Waals surface area contributed by atoms with Gasteiger partial charge in [0.2, 0.25) is 0 Å². The lowest BCUT2D eigenvalue weighted by atomic mass is 10.4. The van der Waals surface area contributed by atoms with E-state index in [-0.39, 0.29) is 5.56 Å². The van der Waals surface area contributed by atoms with Crippen LogP contribution in [0.3, 0.4) is 0 Å². The fourth-order valence-corrected chi connectivity index (χ4v) is 2.39. The monoisotopic (exact) mass is 303 g/mol. The summed E-state index contributed by atoms with van der Waals surface area (Å²) in [7, 11) is 0. The minimum atomic E-state index is -0.255. The molecule has 0 aromatic carbocycles. The van der Waals surface area contributed by atoms with E-state index >= 15 is 0 Å². The lowest BCUT2D eigenvalue weighted by molar-refractivity contribution is 0.932. The number of nitrogens with zero attached hydrogens (tertiary/aromatic N) is 2. The first-order valence-electron chi connectivity index (χ1n) is 4.66. The van der Waals surface area contributed by atoms with E-state index < -0.39 is 0 Å². The number of rotatable bonds is 3. The number of aromatic amines is 1. The molecule has 6 nitrogen and oxygen atoms in total. The standard InChI is InChI=1S/C9H7Cl2N5OS/c10-4-3-5(11)8(15-7(4)16-12)18-9-13-2-1-6(17)14-9/h1-3H,12H2,(H,15,16)(H,13,14,17). The molecule has 2 heterocycles. The Balaban J connectivity index is 2.37. The van der Waals surface area contributed by atoms with Crippen LogP contribution in [0.5, 0.6) is 0 Å². The highest BCUT2D eigenvalue weighted by Crippen LogP contribution is 2.33. The fraction of sp³-hybridized carbons (Fsp3) is 0. The van der Waals surface area contributed by atoms with Crippen molar-refractivity contribution in [3.8, 4) is 0 Å². The molecule has 0 aliphatic carbocycles. The lowest BCUT2D eigenvalue weighted by Gasteiger charge is -2.07. The van der Waals surface area contributed by atoms with E-state index in [2.05, 4.69) is 20.4 Å². The molecule has 2 aromatic rings. The van der Waals surface area contributed by atoms with Gasteiger partial charge in [-0.2, -0.15) is 0 Å². The van der Waals surface area contributed by atoms with E-state index in [1.807, 2.05) is 0 Å². The Morgan fingerprint density at radius 3 is 2.83 bits per heavy atom. The number of hydrazine groups is 1. The number of halogens is 2. The van der Waals surface area contributed by atoms with Gasteiger partial charge >= 0.3 is 0 Å². The average molecular weight is 304 g/mol. The summed E-state index contributed by atoms with van der Waals surface area (Å²) in [5.41, 5.74) is 2.10. The Hall–Kier alpha value is -1.28. The van der Waals surface area contributed by atoms with Crippen LogP contribution in [0, 0.1) is 0 Å². The summed E-state index contributed by atoms with van der Waals surface area (Å²) in [6, 6.07) is 2.82. The second kappa shape index (κ2) is 5.57. The number of anilines is 1. The smallest absolute Gasteiger partial charge is 0.251 e. The van der Waals surface area contributed by atoms with Crippen molar-refractivity contribution in [1.82, 2.24) is 15.0 Å². The topological polar surface area (TPSA) is 96.7 Å². The fourth-order valence-electron chi connectivity index (χ4n) is 1.12. The van der Waals surface area contributed by atoms with Crippen LogP contribution in [0.1, 0.15) is 0 Å². The highest BCUT2D eigenvalue weighted by molar-refractivity contribution is 7.99. The van der Waals surface area contributed by atoms with Crippen LogP contribution in [0.15, 0.2) is 33.3 Å². The third-order valence-electron chi connectivity index (χ3n) is 1.88. The molecule has 0 aliphatic rings. The predicted molar refractivity (Wildman–Crippen MR) is 71.0 cm³/mol. The van der Waals surface area contributed by atoms with E-state index in [1.165, 1.54) is 18.3 Å². The van der Waals surface area contributed by atoms with Gasteiger partial charge in [0.15, 0.2) is 11.0 Å². The van der Waals surface area contributed by atoms with Gasteiger partial charge in [-0.05, 0) is 17.8 Å². The van der Waals surface area contributed by atoms with Crippen molar-refractivity contribution in [3.05, 3.63) is 38.7 Å². The lowest BCUT2D eigenvalue weighted by Crippen LogP contribution is -2.10. The van der Waals surface area contributed by atoms with Gasteiger partial charge in [0.25, 0.3) is 5.56 Å². The summed E-state index contributed by atoms with van der Waals surface area (Å²) in [6.07, 6.45) is 1.40. The third kappa shape index (κ3) is 2.94. The molecule has 4 N–H and O–H groups in total. The Labute approximate surface area is 116 Å².